The van der Waals surface area contributed by atoms with Gasteiger partial charge in [0.15, 0.2) is 0 Å². The molecule has 3 aromatic carbocycles. The Kier molecular flexibility index (Phi) is 4.23. The van der Waals surface area contributed by atoms with E-state index in [1.165, 1.54) is 0 Å². The van der Waals surface area contributed by atoms with Gasteiger partial charge in [0.1, 0.15) is 11.5 Å². The highest BCUT2D eigenvalue weighted by Crippen LogP contribution is 2.32. The zero-order chi connectivity index (χ0) is 17.9. The summed E-state index contributed by atoms with van der Waals surface area (Å²) in [6.07, 6.45) is 0. The minimum atomic E-state index is 0.807. The number of hydrogen-bond acceptors (Lipinski definition) is 4. The smallest absolute Gasteiger partial charge is 0.118 e. The molecule has 0 saturated heterocycles. The van der Waals surface area contributed by atoms with Crippen LogP contribution in [0.3, 0.4) is 0 Å². The summed E-state index contributed by atoms with van der Waals surface area (Å²) >= 11 is 0. The Hall–Kier alpha value is -3.40. The summed E-state index contributed by atoms with van der Waals surface area (Å²) in [5.41, 5.74) is 5.28. The van der Waals surface area contributed by atoms with Crippen molar-refractivity contribution < 1.29 is 9.47 Å². The Morgan fingerprint density at radius 3 is 1.65 bits per heavy atom. The summed E-state index contributed by atoms with van der Waals surface area (Å²) < 4.78 is 10.5. The molecule has 0 bridgehead atoms. The predicted molar refractivity (Wildman–Crippen MR) is 102 cm³/mol. The second-order valence-electron chi connectivity index (χ2n) is 5.79. The molecule has 4 rings (SSSR count). The Balaban J connectivity index is 1.93. The predicted octanol–water partition coefficient (Wildman–Crippen LogP) is 4.78. The largest absolute Gasteiger partial charge is 0.497 e. The van der Waals surface area contributed by atoms with Gasteiger partial charge in [0.2, 0.25) is 0 Å². The first-order valence-electron chi connectivity index (χ1n) is 8.25. The zero-order valence-corrected chi connectivity index (χ0v) is 14.6. The van der Waals surface area contributed by atoms with E-state index in [4.69, 9.17) is 19.4 Å². The van der Waals surface area contributed by atoms with Crippen molar-refractivity contribution in [3.63, 3.8) is 0 Å². The Morgan fingerprint density at radius 1 is 0.654 bits per heavy atom. The van der Waals surface area contributed by atoms with Crippen LogP contribution in [0.2, 0.25) is 0 Å². The summed E-state index contributed by atoms with van der Waals surface area (Å²) in [6.45, 7) is 0. The van der Waals surface area contributed by atoms with Crippen LogP contribution < -0.4 is 9.47 Å². The fraction of sp³-hybridized carbons (Fsp3) is 0.0909. The quantitative estimate of drug-likeness (QED) is 0.536. The molecule has 1 aromatic heterocycles. The van der Waals surface area contributed by atoms with Gasteiger partial charge >= 0.3 is 0 Å². The van der Waals surface area contributed by atoms with Gasteiger partial charge < -0.3 is 9.47 Å². The first kappa shape index (κ1) is 16.1. The summed E-state index contributed by atoms with van der Waals surface area (Å²) in [4.78, 5) is 9.72. The molecule has 4 heteroatoms. The second kappa shape index (κ2) is 6.84. The van der Waals surface area contributed by atoms with E-state index in [9.17, 15) is 0 Å². The second-order valence-corrected chi connectivity index (χ2v) is 5.79. The van der Waals surface area contributed by atoms with E-state index in [-0.39, 0.29) is 0 Å². The van der Waals surface area contributed by atoms with Gasteiger partial charge in [-0.2, -0.15) is 0 Å². The number of benzene rings is 3. The van der Waals surface area contributed by atoms with E-state index in [2.05, 4.69) is 6.07 Å². The molecule has 1 radical (unpaired) electrons. The first-order chi connectivity index (χ1) is 12.8. The maximum absolute atomic E-state index is 5.26. The monoisotopic (exact) mass is 341 g/mol. The Morgan fingerprint density at radius 2 is 1.15 bits per heavy atom. The lowest BCUT2D eigenvalue weighted by molar-refractivity contribution is 0.414. The van der Waals surface area contributed by atoms with Gasteiger partial charge in [0.05, 0.1) is 36.6 Å². The molecule has 0 aliphatic heterocycles. The first-order valence-corrected chi connectivity index (χ1v) is 8.25. The molecule has 1 heterocycles. The standard InChI is InChI=1S/C22H17N2O2/c1-25-17-11-7-15(8-12-17)21-22(16-9-13-18(26-2)14-10-16)24-20-6-4-3-5-19(20)23-21/h3,5-14H,1-2H3. The molecule has 0 atom stereocenters. The fourth-order valence-electron chi connectivity index (χ4n) is 2.84. The molecule has 0 N–H and O–H groups in total. The highest BCUT2D eigenvalue weighted by Gasteiger charge is 2.13. The Labute approximate surface area is 152 Å². The topological polar surface area (TPSA) is 44.2 Å². The third-order valence-corrected chi connectivity index (χ3v) is 4.24. The average molecular weight is 341 g/mol. The van der Waals surface area contributed by atoms with Gasteiger partial charge in [0, 0.05) is 11.1 Å². The van der Waals surface area contributed by atoms with Gasteiger partial charge in [-0.25, -0.2) is 9.97 Å². The molecular weight excluding hydrogens is 324 g/mol. The lowest BCUT2D eigenvalue weighted by Crippen LogP contribution is -1.96. The molecule has 26 heavy (non-hydrogen) atoms. The number of nitrogens with zero attached hydrogens (tertiary/aromatic N) is 2. The van der Waals surface area contributed by atoms with Crippen molar-refractivity contribution in [3.8, 4) is 34.0 Å². The summed E-state index contributed by atoms with van der Waals surface area (Å²) in [6, 6.07) is 24.4. The van der Waals surface area contributed by atoms with Gasteiger partial charge in [-0.05, 0) is 66.7 Å². The van der Waals surface area contributed by atoms with Crippen LogP contribution in [0.25, 0.3) is 33.5 Å². The van der Waals surface area contributed by atoms with E-state index in [1.807, 2.05) is 66.7 Å². The molecule has 0 unspecified atom stereocenters. The van der Waals surface area contributed by atoms with Crippen LogP contribution in [0.5, 0.6) is 11.5 Å². The van der Waals surface area contributed by atoms with E-state index in [1.54, 1.807) is 14.2 Å². The van der Waals surface area contributed by atoms with Gasteiger partial charge in [-0.1, -0.05) is 6.07 Å². The molecule has 0 aliphatic rings. The van der Waals surface area contributed by atoms with E-state index < -0.39 is 0 Å². The molecule has 0 spiro atoms. The molecule has 4 aromatic rings. The summed E-state index contributed by atoms with van der Waals surface area (Å²) in [5, 5.41) is 0. The van der Waals surface area contributed by atoms with Gasteiger partial charge in [0.25, 0.3) is 0 Å². The van der Waals surface area contributed by atoms with E-state index in [0.29, 0.717) is 0 Å². The number of ether oxygens (including phenoxy) is 2. The molecule has 0 amide bonds. The van der Waals surface area contributed by atoms with Crippen molar-refractivity contribution in [2.24, 2.45) is 0 Å². The van der Waals surface area contributed by atoms with Crippen LogP contribution in [0.15, 0.2) is 66.7 Å². The van der Waals surface area contributed by atoms with Crippen LogP contribution in [0.1, 0.15) is 0 Å². The van der Waals surface area contributed by atoms with Crippen LogP contribution in [0, 0.1) is 6.07 Å². The maximum Gasteiger partial charge on any atom is 0.118 e. The third-order valence-electron chi connectivity index (χ3n) is 4.24. The minimum Gasteiger partial charge on any atom is -0.497 e. The normalized spacial score (nSPS) is 10.7. The maximum atomic E-state index is 5.26. The fourth-order valence-corrected chi connectivity index (χ4v) is 2.84. The number of hydrogen-bond donors (Lipinski definition) is 0. The number of aromatic nitrogens is 2. The van der Waals surface area contributed by atoms with Gasteiger partial charge in [-0.15, -0.1) is 0 Å². The van der Waals surface area contributed by atoms with Crippen LogP contribution >= 0.6 is 0 Å². The molecule has 0 fully saturated rings. The van der Waals surface area contributed by atoms with Crippen molar-refractivity contribution >= 4 is 11.0 Å². The summed E-state index contributed by atoms with van der Waals surface area (Å²) in [7, 11) is 3.31. The molecule has 127 valence electrons. The highest BCUT2D eigenvalue weighted by atomic mass is 16.5. The van der Waals surface area contributed by atoms with Crippen LogP contribution in [-0.2, 0) is 0 Å². The summed E-state index contributed by atoms with van der Waals surface area (Å²) in [5.74, 6) is 1.62. The number of methoxy groups -OCH3 is 2. The lowest BCUT2D eigenvalue weighted by atomic mass is 10.0. The number of rotatable bonds is 4. The molecule has 0 aliphatic carbocycles. The average Bonchev–Trinajstić information content (AvgIpc) is 2.73. The highest BCUT2D eigenvalue weighted by molar-refractivity contribution is 5.86. The number of fused-ring (bicyclic) bond motifs is 1. The Bertz CT molecular complexity index is 956. The van der Waals surface area contributed by atoms with E-state index in [0.717, 1.165) is 45.0 Å². The zero-order valence-electron chi connectivity index (χ0n) is 14.6. The van der Waals surface area contributed by atoms with Crippen LogP contribution in [-0.4, -0.2) is 24.2 Å². The van der Waals surface area contributed by atoms with Crippen molar-refractivity contribution in [2.75, 3.05) is 14.2 Å². The minimum absolute atomic E-state index is 0.807. The van der Waals surface area contributed by atoms with Crippen LogP contribution in [0.4, 0.5) is 0 Å². The third kappa shape index (κ3) is 2.97. The molecular formula is C22H17N2O2. The van der Waals surface area contributed by atoms with Crippen molar-refractivity contribution in [2.45, 2.75) is 0 Å². The molecule has 0 saturated carbocycles. The lowest BCUT2D eigenvalue weighted by Gasteiger charge is -2.11. The molecule has 4 nitrogen and oxygen atoms in total. The van der Waals surface area contributed by atoms with Crippen molar-refractivity contribution in [3.05, 3.63) is 72.8 Å². The van der Waals surface area contributed by atoms with Gasteiger partial charge in [-0.3, -0.25) is 0 Å². The van der Waals surface area contributed by atoms with E-state index >= 15 is 0 Å². The SMILES string of the molecule is COc1ccc(-c2nc3c[c]ccc3nc2-c2ccc(OC)cc2)cc1. The van der Waals surface area contributed by atoms with Crippen molar-refractivity contribution in [1.82, 2.24) is 9.97 Å². The van der Waals surface area contributed by atoms with Crippen molar-refractivity contribution in [1.29, 1.82) is 0 Å².